The van der Waals surface area contributed by atoms with Crippen LogP contribution >= 0.6 is 11.3 Å². The molecular weight excluding hydrogens is 554 g/mol. The smallest absolute Gasteiger partial charge is 0.317 e. The zero-order valence-electron chi connectivity index (χ0n) is 24.4. The number of carbonyl (C=O) groups excluding carboxylic acids is 3. The Kier molecular flexibility index (Phi) is 11.6. The van der Waals surface area contributed by atoms with E-state index in [1.807, 2.05) is 40.6 Å². The van der Waals surface area contributed by atoms with Crippen LogP contribution in [0.1, 0.15) is 80.9 Å². The number of ketones is 1. The van der Waals surface area contributed by atoms with E-state index in [9.17, 15) is 19.2 Å². The molecule has 2 aliphatic rings. The molecule has 1 aromatic heterocycles. The summed E-state index contributed by atoms with van der Waals surface area (Å²) in [5.41, 5.74) is 7.47. The molecule has 228 valence electrons. The molecule has 42 heavy (non-hydrogen) atoms. The predicted octanol–water partition coefficient (Wildman–Crippen LogP) is 3.71. The highest BCUT2D eigenvalue weighted by molar-refractivity contribution is 7.12. The monoisotopic (exact) mass is 597 g/mol. The second-order valence-corrected chi connectivity index (χ2v) is 12.1. The number of carboxylic acids is 1. The van der Waals surface area contributed by atoms with Crippen molar-refractivity contribution in [2.75, 3.05) is 19.6 Å². The second kappa shape index (κ2) is 15.4. The number of carboxylic acid groups (broad SMARTS) is 1. The maximum Gasteiger partial charge on any atom is 0.317 e. The molecule has 0 unspecified atom stereocenters. The van der Waals surface area contributed by atoms with Crippen LogP contribution in [-0.4, -0.2) is 87.3 Å². The van der Waals surface area contributed by atoms with Gasteiger partial charge in [0.05, 0.1) is 24.3 Å². The number of carbonyl (C=O) groups is 4. The van der Waals surface area contributed by atoms with Crippen LogP contribution in [0.4, 0.5) is 0 Å². The Morgan fingerprint density at radius 2 is 1.83 bits per heavy atom. The van der Waals surface area contributed by atoms with E-state index in [4.69, 9.17) is 15.8 Å². The number of nitrogens with one attached hydrogen (secondary N) is 1. The highest BCUT2D eigenvalue weighted by Gasteiger charge is 2.44. The summed E-state index contributed by atoms with van der Waals surface area (Å²) < 4.78 is 0. The normalized spacial score (nSPS) is 18.9. The summed E-state index contributed by atoms with van der Waals surface area (Å²) in [4.78, 5) is 61.2. The van der Waals surface area contributed by atoms with Gasteiger partial charge in [0, 0.05) is 23.5 Å². The lowest BCUT2D eigenvalue weighted by molar-refractivity contribution is -0.148. The fraction of sp³-hybridized carbons (Fsp3) is 0.581. The summed E-state index contributed by atoms with van der Waals surface area (Å²) >= 11 is 1.30. The molecule has 1 aliphatic carbocycles. The highest BCUT2D eigenvalue weighted by atomic mass is 32.1. The number of benzene rings is 1. The number of Topliss-reactive ketones (excluding diaryl/α,β-unsaturated/α-hetero) is 1. The molecule has 1 saturated heterocycles. The van der Waals surface area contributed by atoms with Crippen LogP contribution in [-0.2, 0) is 14.4 Å². The number of hydrogen-bond donors (Lipinski definition) is 3. The quantitative estimate of drug-likeness (QED) is 0.221. The van der Waals surface area contributed by atoms with Gasteiger partial charge < -0.3 is 20.6 Å². The molecule has 2 fully saturated rings. The van der Waals surface area contributed by atoms with Gasteiger partial charge in [-0.3, -0.25) is 24.5 Å². The fourth-order valence-corrected chi connectivity index (χ4v) is 6.95. The zero-order chi connectivity index (χ0) is 30.1. The van der Waals surface area contributed by atoms with Crippen LogP contribution in [0.3, 0.4) is 0 Å². The van der Waals surface area contributed by atoms with Gasteiger partial charge in [-0.15, -0.1) is 11.3 Å². The molecular formula is C31H43N5O5S. The lowest BCUT2D eigenvalue weighted by Gasteiger charge is -2.42. The first-order valence-electron chi connectivity index (χ1n) is 15.1. The average Bonchev–Trinajstić information content (AvgIpc) is 3.70. The molecule has 11 heteroatoms. The molecule has 2 amide bonds. The van der Waals surface area contributed by atoms with Gasteiger partial charge in [-0.25, -0.2) is 4.98 Å². The van der Waals surface area contributed by atoms with Crippen LogP contribution < -0.4 is 11.1 Å². The van der Waals surface area contributed by atoms with Gasteiger partial charge in [0.1, 0.15) is 6.04 Å². The van der Waals surface area contributed by atoms with Crippen LogP contribution in [0.25, 0.3) is 11.3 Å². The van der Waals surface area contributed by atoms with Crippen molar-refractivity contribution in [2.45, 2.75) is 95.3 Å². The molecule has 1 aromatic carbocycles. The first kappa shape index (κ1) is 31.8. The molecule has 2 aromatic rings. The Labute approximate surface area is 251 Å². The Bertz CT molecular complexity index is 1220. The number of amides is 2. The number of unbranched alkanes of at least 4 members (excludes halogenated alkanes) is 1. The van der Waals surface area contributed by atoms with E-state index in [1.54, 1.807) is 11.8 Å². The molecule has 0 radical (unpaired) electrons. The van der Waals surface area contributed by atoms with Crippen molar-refractivity contribution in [1.29, 1.82) is 0 Å². The van der Waals surface area contributed by atoms with Crippen molar-refractivity contribution in [3.63, 3.8) is 0 Å². The predicted molar refractivity (Wildman–Crippen MR) is 162 cm³/mol. The zero-order valence-corrected chi connectivity index (χ0v) is 25.2. The van der Waals surface area contributed by atoms with Crippen LogP contribution in [0.2, 0.25) is 0 Å². The lowest BCUT2D eigenvalue weighted by atomic mass is 9.90. The number of rotatable bonds is 14. The van der Waals surface area contributed by atoms with E-state index in [0.29, 0.717) is 43.8 Å². The number of aromatic nitrogens is 1. The fourth-order valence-electron chi connectivity index (χ4n) is 6.13. The maximum atomic E-state index is 14.5. The van der Waals surface area contributed by atoms with Gasteiger partial charge in [-0.2, -0.15) is 0 Å². The van der Waals surface area contributed by atoms with Crippen LogP contribution in [0.15, 0.2) is 35.7 Å². The molecule has 0 spiro atoms. The van der Waals surface area contributed by atoms with E-state index in [0.717, 1.165) is 49.8 Å². The van der Waals surface area contributed by atoms with E-state index in [2.05, 4.69) is 5.32 Å². The van der Waals surface area contributed by atoms with Crippen LogP contribution in [0, 0.1) is 0 Å². The van der Waals surface area contributed by atoms with Gasteiger partial charge in [-0.1, -0.05) is 49.6 Å². The maximum absolute atomic E-state index is 14.5. The third-order valence-electron chi connectivity index (χ3n) is 8.33. The Balaban J connectivity index is 1.64. The third-order valence-corrected chi connectivity index (χ3v) is 9.18. The molecule has 3 atom stereocenters. The largest absolute Gasteiger partial charge is 0.480 e. The minimum atomic E-state index is -1.05. The number of thiazole rings is 1. The minimum absolute atomic E-state index is 0.0910. The number of nitrogens with two attached hydrogens (primary N) is 1. The van der Waals surface area contributed by atoms with Crippen molar-refractivity contribution in [2.24, 2.45) is 5.73 Å². The number of aliphatic carboxylic acids is 1. The summed E-state index contributed by atoms with van der Waals surface area (Å²) in [5.74, 6) is -1.70. The third kappa shape index (κ3) is 7.81. The van der Waals surface area contributed by atoms with E-state index < -0.39 is 24.1 Å². The topological polar surface area (TPSA) is 146 Å². The summed E-state index contributed by atoms with van der Waals surface area (Å²) in [6.07, 6.45) is 7.80. The molecule has 10 nitrogen and oxygen atoms in total. The first-order chi connectivity index (χ1) is 20.3. The van der Waals surface area contributed by atoms with Crippen molar-refractivity contribution < 1.29 is 24.3 Å². The molecule has 1 aliphatic heterocycles. The van der Waals surface area contributed by atoms with E-state index >= 15 is 0 Å². The van der Waals surface area contributed by atoms with Crippen LogP contribution in [0.5, 0.6) is 0 Å². The summed E-state index contributed by atoms with van der Waals surface area (Å²) in [6, 6.07) is 7.50. The van der Waals surface area contributed by atoms with Crippen molar-refractivity contribution in [3.05, 3.63) is 40.7 Å². The number of likely N-dealkylation sites (tertiary alicyclic amines) is 1. The Hall–Kier alpha value is -3.15. The standard InChI is InChI=1S/C31H43N5O5S/c1-21(33-19-27(37)38)30(40)35-18-10-16-26(35)31(41)36(23-13-6-3-7-14-23)25(15-8-9-17-32)28(39)29-34-24(20-42-29)22-11-4-2-5-12-22/h2,4-5,11-12,20-21,23,25-26,33H,3,6-10,13-19,32H2,1H3,(H,37,38)/t21-,25-,26-/m0/s1. The highest BCUT2D eigenvalue weighted by Crippen LogP contribution is 2.32. The average molecular weight is 598 g/mol. The van der Waals surface area contributed by atoms with Crippen molar-refractivity contribution >= 4 is 34.9 Å². The van der Waals surface area contributed by atoms with E-state index in [-0.39, 0.29) is 30.2 Å². The summed E-state index contributed by atoms with van der Waals surface area (Å²) in [5, 5.41) is 14.0. The molecule has 2 heterocycles. The molecule has 0 bridgehead atoms. The van der Waals surface area contributed by atoms with Gasteiger partial charge in [-0.05, 0) is 58.4 Å². The van der Waals surface area contributed by atoms with E-state index in [1.165, 1.54) is 11.3 Å². The van der Waals surface area contributed by atoms with Gasteiger partial charge in [0.25, 0.3) is 0 Å². The Morgan fingerprint density at radius 3 is 2.52 bits per heavy atom. The SMILES string of the molecule is C[C@H](NCC(=O)O)C(=O)N1CCC[C@H]1C(=O)N(C1CCCCC1)[C@@H](CCCCN)C(=O)c1nc(-c2ccccc2)cs1. The molecule has 1 saturated carbocycles. The molecule has 4 N–H and O–H groups in total. The Morgan fingerprint density at radius 1 is 1.10 bits per heavy atom. The number of nitrogens with zero attached hydrogens (tertiary/aromatic N) is 3. The summed E-state index contributed by atoms with van der Waals surface area (Å²) in [7, 11) is 0. The first-order valence-corrected chi connectivity index (χ1v) is 16.0. The minimum Gasteiger partial charge on any atom is -0.480 e. The van der Waals surface area contributed by atoms with Gasteiger partial charge in [0.15, 0.2) is 5.01 Å². The second-order valence-electron chi connectivity index (χ2n) is 11.3. The van der Waals surface area contributed by atoms with Crippen molar-refractivity contribution in [1.82, 2.24) is 20.1 Å². The molecule has 4 rings (SSSR count). The van der Waals surface area contributed by atoms with Gasteiger partial charge >= 0.3 is 5.97 Å². The van der Waals surface area contributed by atoms with Gasteiger partial charge in [0.2, 0.25) is 17.6 Å². The summed E-state index contributed by atoms with van der Waals surface area (Å²) in [6.45, 7) is 2.20. The number of hydrogen-bond acceptors (Lipinski definition) is 8. The lowest BCUT2D eigenvalue weighted by Crippen LogP contribution is -2.58. The van der Waals surface area contributed by atoms with Crippen molar-refractivity contribution in [3.8, 4) is 11.3 Å².